The molecule has 0 aromatic heterocycles. The lowest BCUT2D eigenvalue weighted by Gasteiger charge is -2.08. The second-order valence-electron chi connectivity index (χ2n) is 3.75. The molecule has 0 unspecified atom stereocenters. The molecule has 4 heteroatoms. The second kappa shape index (κ2) is 5.89. The van der Waals surface area contributed by atoms with Crippen LogP contribution in [0.25, 0.3) is 0 Å². The Morgan fingerprint density at radius 1 is 1.11 bits per heavy atom. The van der Waals surface area contributed by atoms with Gasteiger partial charge in [0.1, 0.15) is 5.75 Å². The molecular formula is C14H10Cl2O2. The average Bonchev–Trinajstić information content (AvgIpc) is 2.33. The molecule has 2 rings (SSSR count). The molecule has 0 aliphatic rings. The Balaban J connectivity index is 2.30. The van der Waals surface area contributed by atoms with Gasteiger partial charge in [-0.15, -0.1) is 0 Å². The maximum atomic E-state index is 10.8. The number of benzene rings is 2. The van der Waals surface area contributed by atoms with Crippen molar-refractivity contribution in [2.24, 2.45) is 0 Å². The number of hydrogen-bond donors (Lipinski definition) is 0. The third-order valence-corrected chi connectivity index (χ3v) is 2.76. The van der Waals surface area contributed by atoms with E-state index < -0.39 is 5.43 Å². The first-order valence-electron chi connectivity index (χ1n) is 5.35. The highest BCUT2D eigenvalue weighted by Gasteiger charge is 2.08. The van der Waals surface area contributed by atoms with Gasteiger partial charge in [0.05, 0.1) is 0 Å². The third-order valence-electron chi connectivity index (χ3n) is 2.45. The summed E-state index contributed by atoms with van der Waals surface area (Å²) in [6.07, 6.45) is 0.626. The van der Waals surface area contributed by atoms with Gasteiger partial charge in [-0.3, -0.25) is 0 Å². The first kappa shape index (κ1) is 12.9. The smallest absolute Gasteiger partial charge is 0.409 e. The van der Waals surface area contributed by atoms with Crippen molar-refractivity contribution in [3.63, 3.8) is 0 Å². The second-order valence-corrected chi connectivity index (χ2v) is 4.50. The summed E-state index contributed by atoms with van der Waals surface area (Å²) < 4.78 is 4.94. The maximum absolute atomic E-state index is 10.8. The van der Waals surface area contributed by atoms with Crippen molar-refractivity contribution < 1.29 is 9.53 Å². The first-order valence-corrected chi connectivity index (χ1v) is 6.10. The van der Waals surface area contributed by atoms with Crippen molar-refractivity contribution >= 4 is 28.6 Å². The maximum Gasteiger partial charge on any atom is 0.409 e. The van der Waals surface area contributed by atoms with Gasteiger partial charge in [-0.25, -0.2) is 4.79 Å². The minimum atomic E-state index is -0.855. The molecule has 0 aliphatic heterocycles. The zero-order chi connectivity index (χ0) is 13.0. The Kier molecular flexibility index (Phi) is 4.24. The monoisotopic (exact) mass is 280 g/mol. The van der Waals surface area contributed by atoms with E-state index in [0.717, 1.165) is 11.1 Å². The van der Waals surface area contributed by atoms with Gasteiger partial charge in [0.15, 0.2) is 0 Å². The molecule has 0 saturated heterocycles. The highest BCUT2D eigenvalue weighted by molar-refractivity contribution is 6.61. The van der Waals surface area contributed by atoms with Crippen LogP contribution in [0.4, 0.5) is 4.79 Å². The molecule has 0 heterocycles. The van der Waals surface area contributed by atoms with E-state index in [4.69, 9.17) is 27.9 Å². The molecule has 0 radical (unpaired) electrons. The van der Waals surface area contributed by atoms with E-state index in [9.17, 15) is 4.79 Å². The van der Waals surface area contributed by atoms with Gasteiger partial charge in [-0.2, -0.15) is 0 Å². The Morgan fingerprint density at radius 3 is 2.50 bits per heavy atom. The van der Waals surface area contributed by atoms with Crippen LogP contribution in [-0.2, 0) is 6.42 Å². The molecule has 2 nitrogen and oxygen atoms in total. The van der Waals surface area contributed by atoms with E-state index >= 15 is 0 Å². The molecule has 0 amide bonds. The Hall–Kier alpha value is -1.51. The number of carbonyl (C=O) groups excluding carboxylic acids is 1. The molecule has 0 bridgehead atoms. The van der Waals surface area contributed by atoms with Gasteiger partial charge in [0, 0.05) is 28.6 Å². The van der Waals surface area contributed by atoms with Crippen molar-refractivity contribution in [2.75, 3.05) is 0 Å². The van der Waals surface area contributed by atoms with Crippen LogP contribution in [-0.4, -0.2) is 5.43 Å². The number of ether oxygens (including phenoxy) is 1. The summed E-state index contributed by atoms with van der Waals surface area (Å²) in [5.74, 6) is 0.434. The number of halogens is 2. The molecular weight excluding hydrogens is 271 g/mol. The molecule has 2 aromatic rings. The van der Waals surface area contributed by atoms with Crippen molar-refractivity contribution in [1.82, 2.24) is 0 Å². The summed E-state index contributed by atoms with van der Waals surface area (Å²) in [6.45, 7) is 0. The van der Waals surface area contributed by atoms with E-state index in [2.05, 4.69) is 0 Å². The minimum absolute atomic E-state index is 0.434. The summed E-state index contributed by atoms with van der Waals surface area (Å²) in [5, 5.41) is 0.593. The number of hydrogen-bond acceptors (Lipinski definition) is 2. The van der Waals surface area contributed by atoms with Crippen LogP contribution in [0.5, 0.6) is 5.75 Å². The fraction of sp³-hybridized carbons (Fsp3) is 0.0714. The van der Waals surface area contributed by atoms with Crippen molar-refractivity contribution in [3.05, 3.63) is 64.7 Å². The molecule has 0 saturated carbocycles. The van der Waals surface area contributed by atoms with Crippen molar-refractivity contribution in [1.29, 1.82) is 0 Å². The Labute approximate surface area is 115 Å². The van der Waals surface area contributed by atoms with Gasteiger partial charge >= 0.3 is 5.43 Å². The lowest BCUT2D eigenvalue weighted by atomic mass is 10.0. The fourth-order valence-corrected chi connectivity index (χ4v) is 1.97. The van der Waals surface area contributed by atoms with Gasteiger partial charge in [0.2, 0.25) is 0 Å². The van der Waals surface area contributed by atoms with E-state index in [-0.39, 0.29) is 0 Å². The summed E-state index contributed by atoms with van der Waals surface area (Å²) in [6, 6.07) is 14.9. The molecule has 92 valence electrons. The van der Waals surface area contributed by atoms with Gasteiger partial charge in [-0.05, 0) is 23.8 Å². The molecule has 0 atom stereocenters. The zero-order valence-corrected chi connectivity index (χ0v) is 10.9. The van der Waals surface area contributed by atoms with Crippen LogP contribution >= 0.6 is 23.2 Å². The standard InChI is InChI=1S/C14H10Cl2O2/c15-12-6-7-13(18-14(16)17)11(9-12)8-10-4-2-1-3-5-10/h1-7,9H,8H2. The SMILES string of the molecule is O=C(Cl)Oc1ccc(Cl)cc1Cc1ccccc1. The summed E-state index contributed by atoms with van der Waals surface area (Å²) in [7, 11) is 0. The van der Waals surface area contributed by atoms with Crippen LogP contribution in [0.15, 0.2) is 48.5 Å². The van der Waals surface area contributed by atoms with E-state index in [0.29, 0.717) is 17.2 Å². The molecule has 0 aliphatic carbocycles. The van der Waals surface area contributed by atoms with Gasteiger partial charge in [-0.1, -0.05) is 41.9 Å². The van der Waals surface area contributed by atoms with Crippen LogP contribution < -0.4 is 4.74 Å². The molecule has 2 aromatic carbocycles. The minimum Gasteiger partial charge on any atom is -0.414 e. The Morgan fingerprint density at radius 2 is 1.83 bits per heavy atom. The summed E-state index contributed by atoms with van der Waals surface area (Å²) in [4.78, 5) is 10.8. The number of carbonyl (C=O) groups is 1. The van der Waals surface area contributed by atoms with Crippen molar-refractivity contribution in [2.45, 2.75) is 6.42 Å². The van der Waals surface area contributed by atoms with Crippen LogP contribution in [0.3, 0.4) is 0 Å². The molecule has 0 spiro atoms. The quantitative estimate of drug-likeness (QED) is 0.764. The normalized spacial score (nSPS) is 10.1. The average molecular weight is 281 g/mol. The van der Waals surface area contributed by atoms with E-state index in [1.807, 2.05) is 30.3 Å². The molecule has 0 fully saturated rings. The zero-order valence-electron chi connectivity index (χ0n) is 9.40. The lowest BCUT2D eigenvalue weighted by molar-refractivity contribution is 0.225. The highest BCUT2D eigenvalue weighted by Crippen LogP contribution is 2.26. The number of rotatable bonds is 3. The van der Waals surface area contributed by atoms with Crippen LogP contribution in [0.2, 0.25) is 5.02 Å². The summed E-state index contributed by atoms with van der Waals surface area (Å²) in [5.41, 5.74) is 1.07. The fourth-order valence-electron chi connectivity index (χ4n) is 1.69. The largest absolute Gasteiger partial charge is 0.414 e. The molecule has 0 N–H and O–H groups in total. The van der Waals surface area contributed by atoms with Gasteiger partial charge in [0.25, 0.3) is 0 Å². The van der Waals surface area contributed by atoms with E-state index in [1.54, 1.807) is 18.2 Å². The topological polar surface area (TPSA) is 26.3 Å². The van der Waals surface area contributed by atoms with Gasteiger partial charge < -0.3 is 4.74 Å². The predicted octanol–water partition coefficient (Wildman–Crippen LogP) is 4.67. The van der Waals surface area contributed by atoms with Crippen LogP contribution in [0, 0.1) is 0 Å². The van der Waals surface area contributed by atoms with Crippen LogP contribution in [0.1, 0.15) is 11.1 Å². The Bertz CT molecular complexity index is 553. The first-order chi connectivity index (χ1) is 8.65. The highest BCUT2D eigenvalue weighted by atomic mass is 35.5. The molecule has 18 heavy (non-hydrogen) atoms. The summed E-state index contributed by atoms with van der Waals surface area (Å²) >= 11 is 11.2. The lowest BCUT2D eigenvalue weighted by Crippen LogP contribution is -2.00. The van der Waals surface area contributed by atoms with E-state index in [1.165, 1.54) is 0 Å². The third kappa shape index (κ3) is 3.49. The van der Waals surface area contributed by atoms with Crippen molar-refractivity contribution in [3.8, 4) is 5.75 Å². The predicted molar refractivity (Wildman–Crippen MR) is 72.6 cm³/mol.